The zero-order valence-electron chi connectivity index (χ0n) is 14.1. The fourth-order valence-corrected chi connectivity index (χ4v) is 2.01. The lowest BCUT2D eigenvalue weighted by atomic mass is 10.1. The number of ether oxygens (including phenoxy) is 2. The lowest BCUT2D eigenvalue weighted by Crippen LogP contribution is -2.14. The van der Waals surface area contributed by atoms with E-state index in [1.807, 2.05) is 0 Å². The maximum Gasteiger partial charge on any atom is 0.338 e. The van der Waals surface area contributed by atoms with Crippen molar-refractivity contribution in [3.8, 4) is 5.75 Å². The highest BCUT2D eigenvalue weighted by Crippen LogP contribution is 2.13. The Labute approximate surface area is 145 Å². The van der Waals surface area contributed by atoms with Crippen LogP contribution >= 0.6 is 0 Å². The number of nitrogens with one attached hydrogen (secondary N) is 1. The predicted octanol–water partition coefficient (Wildman–Crippen LogP) is 3.08. The number of hydrogen-bond donors (Lipinski definition) is 1. The van der Waals surface area contributed by atoms with Crippen LogP contribution in [0.1, 0.15) is 34.1 Å². The second-order valence-electron chi connectivity index (χ2n) is 5.21. The average molecular weight is 341 g/mol. The number of amides is 1. The zero-order valence-corrected chi connectivity index (χ0v) is 14.1. The predicted molar refractivity (Wildman–Crippen MR) is 93.0 cm³/mol. The number of hydrogen-bond acceptors (Lipinski definition) is 5. The molecule has 0 heterocycles. The van der Waals surface area contributed by atoms with Gasteiger partial charge in [0.25, 0.3) is 0 Å². The summed E-state index contributed by atoms with van der Waals surface area (Å²) in [5.74, 6) is -0.381. The van der Waals surface area contributed by atoms with Crippen molar-refractivity contribution in [2.24, 2.45) is 0 Å². The van der Waals surface area contributed by atoms with Gasteiger partial charge in [-0.3, -0.25) is 9.59 Å². The Kier molecular flexibility index (Phi) is 6.28. The molecule has 0 bridgehead atoms. The highest BCUT2D eigenvalue weighted by Gasteiger charge is 2.12. The van der Waals surface area contributed by atoms with Crippen LogP contribution in [0.2, 0.25) is 0 Å². The monoisotopic (exact) mass is 341 g/mol. The summed E-state index contributed by atoms with van der Waals surface area (Å²) < 4.78 is 10.0. The van der Waals surface area contributed by atoms with Crippen LogP contribution in [0.5, 0.6) is 5.75 Å². The third kappa shape index (κ3) is 5.17. The Morgan fingerprint density at radius 2 is 1.52 bits per heavy atom. The molecule has 2 rings (SSSR count). The summed E-state index contributed by atoms with van der Waals surface area (Å²) in [5, 5.41) is 2.69. The minimum absolute atomic E-state index is 0.104. The van der Waals surface area contributed by atoms with Gasteiger partial charge in [-0.05, 0) is 48.5 Å². The molecule has 0 spiro atoms. The summed E-state index contributed by atoms with van der Waals surface area (Å²) in [6.45, 7) is 1.40. The first-order valence-corrected chi connectivity index (χ1v) is 7.77. The standard InChI is InChI=1S/C19H19NO5/c1-3-18(22)20-15-8-4-13(5-9-15)17(21)12-25-19(23)14-6-10-16(24-2)11-7-14/h4-11H,3,12H2,1-2H3,(H,20,22). The maximum absolute atomic E-state index is 12.1. The Balaban J connectivity index is 1.90. The number of carbonyl (C=O) groups excluding carboxylic acids is 3. The molecule has 0 saturated carbocycles. The van der Waals surface area contributed by atoms with Gasteiger partial charge in [0.1, 0.15) is 5.75 Å². The van der Waals surface area contributed by atoms with E-state index in [0.29, 0.717) is 29.0 Å². The molecule has 0 atom stereocenters. The van der Waals surface area contributed by atoms with E-state index in [1.165, 1.54) is 7.11 Å². The van der Waals surface area contributed by atoms with E-state index in [2.05, 4.69) is 5.32 Å². The van der Waals surface area contributed by atoms with E-state index in [-0.39, 0.29) is 18.3 Å². The Morgan fingerprint density at radius 3 is 2.08 bits per heavy atom. The molecule has 0 unspecified atom stereocenters. The summed E-state index contributed by atoms with van der Waals surface area (Å²) in [4.78, 5) is 35.3. The molecule has 2 aromatic carbocycles. The first-order valence-electron chi connectivity index (χ1n) is 7.77. The molecule has 0 aliphatic carbocycles. The summed E-state index contributed by atoms with van der Waals surface area (Å²) in [5.41, 5.74) is 1.35. The van der Waals surface area contributed by atoms with Gasteiger partial charge < -0.3 is 14.8 Å². The molecule has 0 aromatic heterocycles. The first kappa shape index (κ1) is 18.2. The minimum atomic E-state index is -0.581. The number of benzene rings is 2. The van der Waals surface area contributed by atoms with E-state index in [1.54, 1.807) is 55.5 Å². The second-order valence-corrected chi connectivity index (χ2v) is 5.21. The van der Waals surface area contributed by atoms with Crippen LogP contribution < -0.4 is 10.1 Å². The molecule has 0 aliphatic rings. The van der Waals surface area contributed by atoms with Crippen LogP contribution in [0, 0.1) is 0 Å². The topological polar surface area (TPSA) is 81.7 Å². The number of methoxy groups -OCH3 is 1. The van der Waals surface area contributed by atoms with E-state index >= 15 is 0 Å². The van der Waals surface area contributed by atoms with Crippen LogP contribution in [0.25, 0.3) is 0 Å². The van der Waals surface area contributed by atoms with Gasteiger partial charge in [0.2, 0.25) is 5.91 Å². The van der Waals surface area contributed by atoms with Crippen LogP contribution in [0.15, 0.2) is 48.5 Å². The molecule has 130 valence electrons. The third-order valence-electron chi connectivity index (χ3n) is 3.47. The highest BCUT2D eigenvalue weighted by atomic mass is 16.5. The normalized spacial score (nSPS) is 10.0. The Bertz CT molecular complexity index is 750. The lowest BCUT2D eigenvalue weighted by Gasteiger charge is -2.07. The molecule has 2 aromatic rings. The van der Waals surface area contributed by atoms with E-state index in [0.717, 1.165) is 0 Å². The van der Waals surface area contributed by atoms with E-state index in [9.17, 15) is 14.4 Å². The number of rotatable bonds is 7. The molecule has 0 saturated heterocycles. The molecule has 6 nitrogen and oxygen atoms in total. The lowest BCUT2D eigenvalue weighted by molar-refractivity contribution is -0.115. The second kappa shape index (κ2) is 8.63. The van der Waals surface area contributed by atoms with Gasteiger partial charge in [-0.1, -0.05) is 6.92 Å². The van der Waals surface area contributed by atoms with Crippen molar-refractivity contribution in [1.82, 2.24) is 0 Å². The number of esters is 1. The molecule has 0 radical (unpaired) electrons. The maximum atomic E-state index is 12.1. The highest BCUT2D eigenvalue weighted by molar-refractivity contribution is 6.00. The first-order chi connectivity index (χ1) is 12.0. The van der Waals surface area contributed by atoms with Crippen LogP contribution in [-0.2, 0) is 9.53 Å². The smallest absolute Gasteiger partial charge is 0.338 e. The zero-order chi connectivity index (χ0) is 18.2. The summed E-state index contributed by atoms with van der Waals surface area (Å²) in [7, 11) is 1.53. The van der Waals surface area contributed by atoms with Gasteiger partial charge in [-0.15, -0.1) is 0 Å². The van der Waals surface area contributed by atoms with E-state index < -0.39 is 5.97 Å². The van der Waals surface area contributed by atoms with Crippen molar-refractivity contribution in [1.29, 1.82) is 0 Å². The molecule has 1 N–H and O–H groups in total. The minimum Gasteiger partial charge on any atom is -0.497 e. The van der Waals surface area contributed by atoms with Gasteiger partial charge in [0.05, 0.1) is 12.7 Å². The number of Topliss-reactive ketones (excluding diaryl/α,β-unsaturated/α-hetero) is 1. The van der Waals surface area contributed by atoms with Gasteiger partial charge in [0, 0.05) is 17.7 Å². The fraction of sp³-hybridized carbons (Fsp3) is 0.211. The summed E-state index contributed by atoms with van der Waals surface area (Å²) in [6.07, 6.45) is 0.377. The fourth-order valence-electron chi connectivity index (χ4n) is 2.01. The Morgan fingerprint density at radius 1 is 0.920 bits per heavy atom. The van der Waals surface area contributed by atoms with Crippen molar-refractivity contribution in [2.45, 2.75) is 13.3 Å². The molecule has 0 aliphatic heterocycles. The van der Waals surface area contributed by atoms with Crippen molar-refractivity contribution in [3.05, 3.63) is 59.7 Å². The summed E-state index contributed by atoms with van der Waals surface area (Å²) in [6, 6.07) is 12.8. The summed E-state index contributed by atoms with van der Waals surface area (Å²) >= 11 is 0. The van der Waals surface area contributed by atoms with Crippen molar-refractivity contribution in [2.75, 3.05) is 19.0 Å². The van der Waals surface area contributed by atoms with Gasteiger partial charge in [0.15, 0.2) is 12.4 Å². The molecule has 6 heteroatoms. The van der Waals surface area contributed by atoms with Gasteiger partial charge >= 0.3 is 5.97 Å². The van der Waals surface area contributed by atoms with Gasteiger partial charge in [-0.25, -0.2) is 4.79 Å². The van der Waals surface area contributed by atoms with E-state index in [4.69, 9.17) is 9.47 Å². The molecule has 25 heavy (non-hydrogen) atoms. The largest absolute Gasteiger partial charge is 0.497 e. The van der Waals surface area contributed by atoms with Gasteiger partial charge in [-0.2, -0.15) is 0 Å². The molecule has 0 fully saturated rings. The average Bonchev–Trinajstić information content (AvgIpc) is 2.66. The van der Waals surface area contributed by atoms with Crippen molar-refractivity contribution in [3.63, 3.8) is 0 Å². The quantitative estimate of drug-likeness (QED) is 0.618. The van der Waals surface area contributed by atoms with Crippen molar-refractivity contribution >= 4 is 23.3 Å². The Hall–Kier alpha value is -3.15. The molecular weight excluding hydrogens is 322 g/mol. The number of ketones is 1. The third-order valence-corrected chi connectivity index (χ3v) is 3.47. The SMILES string of the molecule is CCC(=O)Nc1ccc(C(=O)COC(=O)c2ccc(OC)cc2)cc1. The van der Waals surface area contributed by atoms with Crippen LogP contribution in [0.4, 0.5) is 5.69 Å². The van der Waals surface area contributed by atoms with Crippen LogP contribution in [0.3, 0.4) is 0 Å². The van der Waals surface area contributed by atoms with Crippen LogP contribution in [-0.4, -0.2) is 31.4 Å². The molecule has 1 amide bonds. The van der Waals surface area contributed by atoms with Crippen molar-refractivity contribution < 1.29 is 23.9 Å². The number of anilines is 1. The molecular formula is C19H19NO5. The number of carbonyl (C=O) groups is 3.